The molecule has 1 aliphatic heterocycles. The van der Waals surface area contributed by atoms with Crippen molar-refractivity contribution in [2.75, 3.05) is 32.2 Å². The Balaban J connectivity index is 1.78. The zero-order chi connectivity index (χ0) is 18.4. The molecular weight excluding hydrogens is 362 g/mol. The molecule has 0 unspecified atom stereocenters. The molecule has 1 aromatic carbocycles. The van der Waals surface area contributed by atoms with Crippen LogP contribution in [-0.2, 0) is 30.6 Å². The number of benzene rings is 1. The molecule has 1 aromatic rings. The maximum Gasteiger partial charge on any atom is 0.315 e. The average molecular weight is 386 g/mol. The van der Waals surface area contributed by atoms with Crippen molar-refractivity contribution in [2.45, 2.75) is 29.4 Å². The van der Waals surface area contributed by atoms with Crippen molar-refractivity contribution >= 4 is 33.5 Å². The van der Waals surface area contributed by atoms with Gasteiger partial charge in [-0.2, -0.15) is 0 Å². The topological polar surface area (TPSA) is 80.8 Å². The summed E-state index contributed by atoms with van der Waals surface area (Å²) in [4.78, 5) is 25.6. The van der Waals surface area contributed by atoms with Gasteiger partial charge in [-0.15, -0.1) is 11.8 Å². The van der Waals surface area contributed by atoms with Gasteiger partial charge in [0.2, 0.25) is 5.91 Å². The van der Waals surface area contributed by atoms with Crippen LogP contribution in [0.5, 0.6) is 0 Å². The van der Waals surface area contributed by atoms with Crippen molar-refractivity contribution in [3.05, 3.63) is 29.8 Å². The summed E-state index contributed by atoms with van der Waals surface area (Å²) >= 11 is 1.53. The number of rotatable bonds is 7. The predicted octanol–water partition coefficient (Wildman–Crippen LogP) is 1.53. The molecular formula is C17H23NO5S2. The molecule has 0 N–H and O–H groups in total. The number of carbonyl (C=O) groups excluding carboxylic acids is 2. The average Bonchev–Trinajstić information content (AvgIpc) is 3.06. The summed E-state index contributed by atoms with van der Waals surface area (Å²) in [5.41, 5.74) is 0.941. The highest BCUT2D eigenvalue weighted by molar-refractivity contribution is 8.00. The van der Waals surface area contributed by atoms with Gasteiger partial charge in [0.05, 0.1) is 17.8 Å². The fourth-order valence-electron chi connectivity index (χ4n) is 2.65. The maximum absolute atomic E-state index is 12.3. The number of hydrogen-bond acceptors (Lipinski definition) is 6. The van der Waals surface area contributed by atoms with Crippen LogP contribution < -0.4 is 0 Å². The van der Waals surface area contributed by atoms with Crippen molar-refractivity contribution in [1.29, 1.82) is 0 Å². The molecule has 1 aliphatic rings. The van der Waals surface area contributed by atoms with Crippen LogP contribution in [0.3, 0.4) is 0 Å². The second-order valence-corrected chi connectivity index (χ2v) is 9.36. The molecule has 0 spiro atoms. The van der Waals surface area contributed by atoms with Gasteiger partial charge in [-0.1, -0.05) is 12.1 Å². The lowest BCUT2D eigenvalue weighted by molar-refractivity contribution is -0.137. The third kappa shape index (κ3) is 6.04. The Morgan fingerprint density at radius 2 is 1.96 bits per heavy atom. The Kier molecular flexibility index (Phi) is 6.89. The van der Waals surface area contributed by atoms with Gasteiger partial charge in [0, 0.05) is 31.0 Å². The Hall–Kier alpha value is -1.54. The summed E-state index contributed by atoms with van der Waals surface area (Å²) in [7, 11) is -1.82. The van der Waals surface area contributed by atoms with Gasteiger partial charge >= 0.3 is 5.97 Å². The number of hydrogen-bond donors (Lipinski definition) is 0. The summed E-state index contributed by atoms with van der Waals surface area (Å²) in [5, 5.41) is 0.275. The number of nitrogens with zero attached hydrogens (tertiary/aromatic N) is 1. The molecule has 1 fully saturated rings. The SMILES string of the molecule is COC(=O)CS[C@H]1CCN(C(=O)CCc2ccc(S(C)(=O)=O)cc2)C1. The highest BCUT2D eigenvalue weighted by Gasteiger charge is 2.26. The lowest BCUT2D eigenvalue weighted by Crippen LogP contribution is -2.29. The van der Waals surface area contributed by atoms with Gasteiger partial charge in [0.15, 0.2) is 9.84 Å². The number of esters is 1. The summed E-state index contributed by atoms with van der Waals surface area (Å²) in [6.07, 6.45) is 3.04. The van der Waals surface area contributed by atoms with Crippen LogP contribution in [0.25, 0.3) is 0 Å². The molecule has 8 heteroatoms. The second-order valence-electron chi connectivity index (χ2n) is 6.05. The summed E-state index contributed by atoms with van der Waals surface area (Å²) in [6.45, 7) is 1.37. The number of methoxy groups -OCH3 is 1. The van der Waals surface area contributed by atoms with E-state index in [1.165, 1.54) is 25.1 Å². The first-order chi connectivity index (χ1) is 11.8. The molecule has 25 heavy (non-hydrogen) atoms. The van der Waals surface area contributed by atoms with E-state index in [2.05, 4.69) is 4.74 Å². The number of sulfone groups is 1. The fourth-order valence-corrected chi connectivity index (χ4v) is 4.33. The summed E-state index contributed by atoms with van der Waals surface area (Å²) < 4.78 is 27.5. The minimum Gasteiger partial charge on any atom is -0.468 e. The smallest absolute Gasteiger partial charge is 0.315 e. The van der Waals surface area contributed by atoms with Crippen LogP contribution >= 0.6 is 11.8 Å². The van der Waals surface area contributed by atoms with Crippen LogP contribution in [0.1, 0.15) is 18.4 Å². The highest BCUT2D eigenvalue weighted by atomic mass is 32.2. The van der Waals surface area contributed by atoms with Crippen LogP contribution in [0.2, 0.25) is 0 Å². The van der Waals surface area contributed by atoms with E-state index in [-0.39, 0.29) is 22.0 Å². The third-order valence-corrected chi connectivity index (χ3v) is 6.53. The zero-order valence-electron chi connectivity index (χ0n) is 14.4. The van der Waals surface area contributed by atoms with Crippen molar-refractivity contribution < 1.29 is 22.7 Å². The number of carbonyl (C=O) groups is 2. The number of likely N-dealkylation sites (tertiary alicyclic amines) is 1. The molecule has 1 atom stereocenters. The first-order valence-electron chi connectivity index (χ1n) is 8.05. The van der Waals surface area contributed by atoms with E-state index in [4.69, 9.17) is 0 Å². The molecule has 0 aromatic heterocycles. The third-order valence-electron chi connectivity index (χ3n) is 4.14. The van der Waals surface area contributed by atoms with Gasteiger partial charge < -0.3 is 9.64 Å². The molecule has 138 valence electrons. The van der Waals surface area contributed by atoms with Crippen molar-refractivity contribution in [3.8, 4) is 0 Å². The molecule has 1 saturated heterocycles. The van der Waals surface area contributed by atoms with E-state index >= 15 is 0 Å². The Morgan fingerprint density at radius 1 is 1.28 bits per heavy atom. The molecule has 1 amide bonds. The standard InChI is InChI=1S/C17H23NO5S2/c1-23-17(20)12-24-14-9-10-18(11-14)16(19)8-5-13-3-6-15(7-4-13)25(2,21)22/h3-4,6-7,14H,5,8-12H2,1-2H3/t14-/m0/s1. The zero-order valence-corrected chi connectivity index (χ0v) is 16.1. The predicted molar refractivity (Wildman–Crippen MR) is 97.3 cm³/mol. The molecule has 2 rings (SSSR count). The van der Waals surface area contributed by atoms with Crippen molar-refractivity contribution in [2.24, 2.45) is 0 Å². The number of amides is 1. The monoisotopic (exact) mass is 385 g/mol. The van der Waals surface area contributed by atoms with E-state index in [9.17, 15) is 18.0 Å². The van der Waals surface area contributed by atoms with Gasteiger partial charge in [-0.25, -0.2) is 8.42 Å². The summed E-state index contributed by atoms with van der Waals surface area (Å²) in [6, 6.07) is 6.65. The van der Waals surface area contributed by atoms with Gasteiger partial charge in [-0.3, -0.25) is 9.59 Å². The lowest BCUT2D eigenvalue weighted by atomic mass is 10.1. The van der Waals surface area contributed by atoms with Crippen LogP contribution in [0.4, 0.5) is 0 Å². The van der Waals surface area contributed by atoms with E-state index in [0.717, 1.165) is 12.0 Å². The fraction of sp³-hybridized carbons (Fsp3) is 0.529. The van der Waals surface area contributed by atoms with Gasteiger partial charge in [0.25, 0.3) is 0 Å². The quantitative estimate of drug-likeness (QED) is 0.662. The minimum atomic E-state index is -3.19. The Labute approximate surface area is 152 Å². The van der Waals surface area contributed by atoms with Gasteiger partial charge in [0.1, 0.15) is 0 Å². The molecule has 0 radical (unpaired) electrons. The first kappa shape index (κ1) is 19.8. The number of thioether (sulfide) groups is 1. The largest absolute Gasteiger partial charge is 0.468 e. The second kappa shape index (κ2) is 8.71. The molecule has 1 heterocycles. The van der Waals surface area contributed by atoms with Gasteiger partial charge in [-0.05, 0) is 30.5 Å². The first-order valence-corrected chi connectivity index (χ1v) is 11.0. The van der Waals surface area contributed by atoms with E-state index in [1.807, 2.05) is 4.90 Å². The summed E-state index contributed by atoms with van der Waals surface area (Å²) in [5.74, 6) is 0.163. The van der Waals surface area contributed by atoms with E-state index in [0.29, 0.717) is 31.7 Å². The van der Waals surface area contributed by atoms with E-state index < -0.39 is 9.84 Å². The normalized spacial score (nSPS) is 17.5. The van der Waals surface area contributed by atoms with Crippen LogP contribution in [0.15, 0.2) is 29.2 Å². The number of ether oxygens (including phenoxy) is 1. The number of aryl methyl sites for hydroxylation is 1. The Morgan fingerprint density at radius 3 is 2.56 bits per heavy atom. The van der Waals surface area contributed by atoms with E-state index in [1.54, 1.807) is 24.3 Å². The van der Waals surface area contributed by atoms with Crippen LogP contribution in [-0.4, -0.2) is 62.7 Å². The van der Waals surface area contributed by atoms with Crippen molar-refractivity contribution in [3.63, 3.8) is 0 Å². The van der Waals surface area contributed by atoms with Crippen molar-refractivity contribution in [1.82, 2.24) is 4.90 Å². The molecule has 0 bridgehead atoms. The molecule has 6 nitrogen and oxygen atoms in total. The van der Waals surface area contributed by atoms with Crippen LogP contribution in [0, 0.1) is 0 Å². The molecule has 0 aliphatic carbocycles. The highest BCUT2D eigenvalue weighted by Crippen LogP contribution is 2.23. The maximum atomic E-state index is 12.3. The minimum absolute atomic E-state index is 0.0911. The lowest BCUT2D eigenvalue weighted by Gasteiger charge is -2.16. The Bertz CT molecular complexity index is 715. The molecule has 0 saturated carbocycles.